The zero-order chi connectivity index (χ0) is 13.2. The number of halogens is 2. The fourth-order valence-electron chi connectivity index (χ4n) is 1.25. The summed E-state index contributed by atoms with van der Waals surface area (Å²) in [5, 5.41) is 9.72. The van der Waals surface area contributed by atoms with Crippen molar-refractivity contribution in [1.82, 2.24) is 0 Å². The zero-order valence-corrected chi connectivity index (χ0v) is 12.3. The number of esters is 1. The number of carbonyl (C=O) groups is 1. The van der Waals surface area contributed by atoms with Gasteiger partial charge in [-0.25, -0.2) is 0 Å². The van der Waals surface area contributed by atoms with Crippen molar-refractivity contribution in [2.24, 2.45) is 5.73 Å². The number of benzene rings is 1. The SMILES string of the molecule is COC(=O)[C@H](N)c1cc(OC)c(O)c(Br)c1Br. The number of rotatable bonds is 3. The molecule has 0 radical (unpaired) electrons. The highest BCUT2D eigenvalue weighted by Gasteiger charge is 2.24. The molecule has 0 saturated carbocycles. The second kappa shape index (κ2) is 5.70. The number of carbonyl (C=O) groups excluding carboxylic acids is 1. The highest BCUT2D eigenvalue weighted by molar-refractivity contribution is 9.13. The molecular formula is C10H11Br2NO4. The molecule has 0 aromatic heterocycles. The molecule has 3 N–H and O–H groups in total. The van der Waals surface area contributed by atoms with Crippen molar-refractivity contribution in [1.29, 1.82) is 0 Å². The van der Waals surface area contributed by atoms with Crippen LogP contribution in [0.15, 0.2) is 15.0 Å². The van der Waals surface area contributed by atoms with Gasteiger partial charge in [-0.05, 0) is 43.5 Å². The number of hydrogen-bond acceptors (Lipinski definition) is 5. The van der Waals surface area contributed by atoms with Gasteiger partial charge in [0.05, 0.1) is 18.7 Å². The summed E-state index contributed by atoms with van der Waals surface area (Å²) in [4.78, 5) is 11.4. The first kappa shape index (κ1) is 14.3. The van der Waals surface area contributed by atoms with E-state index in [0.717, 1.165) is 0 Å². The van der Waals surface area contributed by atoms with Gasteiger partial charge in [0, 0.05) is 4.47 Å². The third-order valence-electron chi connectivity index (χ3n) is 2.18. The monoisotopic (exact) mass is 367 g/mol. The lowest BCUT2D eigenvalue weighted by Gasteiger charge is -2.15. The van der Waals surface area contributed by atoms with Crippen LogP contribution >= 0.6 is 31.9 Å². The number of phenols is 1. The normalized spacial score (nSPS) is 12.1. The van der Waals surface area contributed by atoms with E-state index in [1.807, 2.05) is 0 Å². The van der Waals surface area contributed by atoms with Crippen molar-refractivity contribution < 1.29 is 19.4 Å². The van der Waals surface area contributed by atoms with Crippen LogP contribution in [0.2, 0.25) is 0 Å². The molecule has 17 heavy (non-hydrogen) atoms. The predicted octanol–water partition coefficient (Wildman–Crippen LogP) is 2.10. The van der Waals surface area contributed by atoms with Gasteiger partial charge in [-0.15, -0.1) is 0 Å². The average Bonchev–Trinajstić information content (AvgIpc) is 2.34. The molecule has 1 atom stereocenters. The van der Waals surface area contributed by atoms with E-state index in [2.05, 4.69) is 36.6 Å². The summed E-state index contributed by atoms with van der Waals surface area (Å²) < 4.78 is 10.4. The molecule has 0 unspecified atom stereocenters. The van der Waals surface area contributed by atoms with Crippen molar-refractivity contribution in [3.63, 3.8) is 0 Å². The summed E-state index contributed by atoms with van der Waals surface area (Å²) >= 11 is 6.42. The van der Waals surface area contributed by atoms with Crippen LogP contribution in [0, 0.1) is 0 Å². The van der Waals surface area contributed by atoms with Gasteiger partial charge in [0.25, 0.3) is 0 Å². The molecule has 1 aromatic rings. The number of nitrogens with two attached hydrogens (primary N) is 1. The Balaban J connectivity index is 3.34. The van der Waals surface area contributed by atoms with Gasteiger partial charge in [0.15, 0.2) is 11.5 Å². The molecule has 1 rings (SSSR count). The standard InChI is InChI=1S/C10H11Br2NO4/c1-16-5-3-4(8(13)10(15)17-2)6(11)7(12)9(5)14/h3,8,14H,13H2,1-2H3/t8-/m1/s1. The molecule has 0 bridgehead atoms. The molecule has 0 fully saturated rings. The highest BCUT2D eigenvalue weighted by atomic mass is 79.9. The van der Waals surface area contributed by atoms with Crippen LogP contribution in [0.3, 0.4) is 0 Å². The first-order chi connectivity index (χ1) is 7.93. The van der Waals surface area contributed by atoms with Crippen LogP contribution < -0.4 is 10.5 Å². The van der Waals surface area contributed by atoms with E-state index in [1.54, 1.807) is 0 Å². The van der Waals surface area contributed by atoms with Crippen molar-refractivity contribution in [3.8, 4) is 11.5 Å². The van der Waals surface area contributed by atoms with E-state index >= 15 is 0 Å². The van der Waals surface area contributed by atoms with E-state index in [1.165, 1.54) is 20.3 Å². The summed E-state index contributed by atoms with van der Waals surface area (Å²) in [5.41, 5.74) is 6.19. The number of ether oxygens (including phenoxy) is 2. The topological polar surface area (TPSA) is 81.8 Å². The van der Waals surface area contributed by atoms with Crippen LogP contribution in [-0.4, -0.2) is 25.3 Å². The van der Waals surface area contributed by atoms with E-state index in [0.29, 0.717) is 14.5 Å². The Kier molecular flexibility index (Phi) is 4.79. The van der Waals surface area contributed by atoms with Gasteiger partial charge >= 0.3 is 5.97 Å². The number of phenolic OH excluding ortho intramolecular Hbond substituents is 1. The lowest BCUT2D eigenvalue weighted by atomic mass is 10.1. The first-order valence-corrected chi connectivity index (χ1v) is 6.10. The largest absolute Gasteiger partial charge is 0.503 e. The first-order valence-electron chi connectivity index (χ1n) is 4.52. The maximum Gasteiger partial charge on any atom is 0.327 e. The van der Waals surface area contributed by atoms with Gasteiger partial charge in [-0.3, -0.25) is 4.79 Å². The summed E-state index contributed by atoms with van der Waals surface area (Å²) in [7, 11) is 2.66. The third kappa shape index (κ3) is 2.72. The summed E-state index contributed by atoms with van der Waals surface area (Å²) in [6.07, 6.45) is 0. The van der Waals surface area contributed by atoms with Crippen LogP contribution in [-0.2, 0) is 9.53 Å². The Labute approximate surface area is 115 Å². The summed E-state index contributed by atoms with van der Waals surface area (Å²) in [5.74, 6) is -0.431. The number of hydrogen-bond donors (Lipinski definition) is 2. The molecule has 94 valence electrons. The van der Waals surface area contributed by atoms with Crippen LogP contribution in [0.5, 0.6) is 11.5 Å². The van der Waals surface area contributed by atoms with Gasteiger partial charge in [0.2, 0.25) is 0 Å². The molecular weight excluding hydrogens is 358 g/mol. The Bertz CT molecular complexity index is 450. The molecule has 1 aromatic carbocycles. The van der Waals surface area contributed by atoms with Gasteiger partial charge in [0.1, 0.15) is 6.04 Å². The molecule has 0 heterocycles. The zero-order valence-electron chi connectivity index (χ0n) is 9.16. The summed E-state index contributed by atoms with van der Waals surface area (Å²) in [6, 6.07) is 0.520. The van der Waals surface area contributed by atoms with Gasteiger partial charge in [-0.2, -0.15) is 0 Å². The number of aromatic hydroxyl groups is 1. The van der Waals surface area contributed by atoms with E-state index < -0.39 is 12.0 Å². The smallest absolute Gasteiger partial charge is 0.327 e. The maximum atomic E-state index is 11.4. The molecule has 0 aliphatic carbocycles. The van der Waals surface area contributed by atoms with Crippen molar-refractivity contribution >= 4 is 37.8 Å². The lowest BCUT2D eigenvalue weighted by Crippen LogP contribution is -2.23. The molecule has 0 spiro atoms. The molecule has 0 aliphatic rings. The molecule has 5 nitrogen and oxygen atoms in total. The van der Waals surface area contributed by atoms with Crippen molar-refractivity contribution in [2.45, 2.75) is 6.04 Å². The molecule has 0 amide bonds. The van der Waals surface area contributed by atoms with Crippen molar-refractivity contribution in [2.75, 3.05) is 14.2 Å². The Hall–Kier alpha value is -0.790. The fraction of sp³-hybridized carbons (Fsp3) is 0.300. The van der Waals surface area contributed by atoms with Gasteiger partial charge in [-0.1, -0.05) is 0 Å². The fourth-order valence-corrected chi connectivity index (χ4v) is 2.22. The molecule has 0 aliphatic heterocycles. The van der Waals surface area contributed by atoms with Crippen molar-refractivity contribution in [3.05, 3.63) is 20.6 Å². The number of methoxy groups -OCH3 is 2. The van der Waals surface area contributed by atoms with Crippen LogP contribution in [0.4, 0.5) is 0 Å². The molecule has 0 saturated heterocycles. The maximum absolute atomic E-state index is 11.4. The second-order valence-electron chi connectivity index (χ2n) is 3.15. The Morgan fingerprint density at radius 2 is 2.00 bits per heavy atom. The lowest BCUT2D eigenvalue weighted by molar-refractivity contribution is -0.142. The van der Waals surface area contributed by atoms with Crippen LogP contribution in [0.25, 0.3) is 0 Å². The highest BCUT2D eigenvalue weighted by Crippen LogP contribution is 2.43. The quantitative estimate of drug-likeness (QED) is 0.798. The van der Waals surface area contributed by atoms with E-state index in [-0.39, 0.29) is 11.5 Å². The summed E-state index contributed by atoms with van der Waals surface area (Å²) in [6.45, 7) is 0. The average molecular weight is 369 g/mol. The van der Waals surface area contributed by atoms with Gasteiger partial charge < -0.3 is 20.3 Å². The minimum atomic E-state index is -0.958. The Morgan fingerprint density at radius 1 is 1.41 bits per heavy atom. The second-order valence-corrected chi connectivity index (χ2v) is 4.73. The molecule has 7 heteroatoms. The Morgan fingerprint density at radius 3 is 2.47 bits per heavy atom. The predicted molar refractivity (Wildman–Crippen MR) is 69.0 cm³/mol. The van der Waals surface area contributed by atoms with Crippen LogP contribution in [0.1, 0.15) is 11.6 Å². The minimum Gasteiger partial charge on any atom is -0.503 e. The van der Waals surface area contributed by atoms with E-state index in [9.17, 15) is 9.90 Å². The third-order valence-corrected chi connectivity index (χ3v) is 4.34. The van der Waals surface area contributed by atoms with E-state index in [4.69, 9.17) is 10.5 Å². The minimum absolute atomic E-state index is 0.0693.